The summed E-state index contributed by atoms with van der Waals surface area (Å²) in [5.41, 5.74) is 6.28. The maximum absolute atomic E-state index is 13.0. The van der Waals surface area contributed by atoms with Gasteiger partial charge >= 0.3 is 0 Å². The lowest BCUT2D eigenvalue weighted by Gasteiger charge is -2.11. The molecule has 0 saturated carbocycles. The van der Waals surface area contributed by atoms with Gasteiger partial charge in [-0.15, -0.1) is 0 Å². The summed E-state index contributed by atoms with van der Waals surface area (Å²) in [5.74, 6) is -0.711. The molecule has 2 rings (SSSR count). The lowest BCUT2D eigenvalue weighted by molar-refractivity contribution is -0.120. The van der Waals surface area contributed by atoms with E-state index in [1.54, 1.807) is 36.4 Å². The summed E-state index contributed by atoms with van der Waals surface area (Å²) in [6.45, 7) is 0. The highest BCUT2D eigenvalue weighted by Crippen LogP contribution is 2.14. The fraction of sp³-hybridized carbons (Fsp3) is 0.0667. The normalized spacial score (nSPS) is 9.91. The average Bonchev–Trinajstić information content (AvgIpc) is 2.45. The molecule has 0 bridgehead atoms. The Kier molecular flexibility index (Phi) is 5.68. The number of anilines is 1. The maximum Gasteiger partial charge on any atom is 0.242 e. The Morgan fingerprint density at radius 2 is 1.91 bits per heavy atom. The van der Waals surface area contributed by atoms with E-state index in [4.69, 9.17) is 23.8 Å². The maximum atomic E-state index is 13.0. The van der Waals surface area contributed by atoms with Gasteiger partial charge in [0, 0.05) is 10.7 Å². The van der Waals surface area contributed by atoms with Crippen molar-refractivity contribution in [2.24, 2.45) is 0 Å². The molecule has 0 unspecified atom stereocenters. The van der Waals surface area contributed by atoms with Crippen molar-refractivity contribution in [3.63, 3.8) is 0 Å². The van der Waals surface area contributed by atoms with Gasteiger partial charge in [-0.25, -0.2) is 4.39 Å². The predicted molar refractivity (Wildman–Crippen MR) is 89.1 cm³/mol. The van der Waals surface area contributed by atoms with Crippen molar-refractivity contribution in [2.45, 2.75) is 6.42 Å². The Labute approximate surface area is 137 Å². The number of hydrazine groups is 1. The number of rotatable bonds is 3. The number of carbonyl (C=O) groups is 1. The highest BCUT2D eigenvalue weighted by Gasteiger charge is 2.05. The molecule has 22 heavy (non-hydrogen) atoms. The molecule has 0 saturated heterocycles. The van der Waals surface area contributed by atoms with Crippen molar-refractivity contribution in [3.8, 4) is 0 Å². The largest absolute Gasteiger partial charge is 0.331 e. The van der Waals surface area contributed by atoms with Crippen LogP contribution in [0.4, 0.5) is 10.1 Å². The van der Waals surface area contributed by atoms with E-state index in [0.717, 1.165) is 0 Å². The molecule has 0 spiro atoms. The van der Waals surface area contributed by atoms with Crippen LogP contribution in [0.5, 0.6) is 0 Å². The first-order valence-electron chi connectivity index (χ1n) is 6.39. The van der Waals surface area contributed by atoms with Gasteiger partial charge in [0.2, 0.25) is 5.91 Å². The molecule has 3 N–H and O–H groups in total. The zero-order valence-electron chi connectivity index (χ0n) is 11.4. The van der Waals surface area contributed by atoms with Crippen molar-refractivity contribution in [1.29, 1.82) is 0 Å². The summed E-state index contributed by atoms with van der Waals surface area (Å²) in [6, 6.07) is 12.9. The van der Waals surface area contributed by atoms with Crippen LogP contribution in [0.3, 0.4) is 0 Å². The van der Waals surface area contributed by atoms with E-state index >= 15 is 0 Å². The van der Waals surface area contributed by atoms with E-state index in [9.17, 15) is 9.18 Å². The van der Waals surface area contributed by atoms with Crippen LogP contribution in [-0.4, -0.2) is 11.0 Å². The summed E-state index contributed by atoms with van der Waals surface area (Å²) in [5, 5.41) is 3.66. The molecule has 2 aromatic rings. The molecule has 0 aliphatic rings. The Bertz CT molecular complexity index is 636. The Morgan fingerprint density at radius 3 is 2.64 bits per heavy atom. The standard InChI is InChI=1S/C15H13ClFN3OS/c16-11-4-2-6-13(9-11)18-15(22)20-19-14(21)8-10-3-1-5-12(17)7-10/h1-7,9H,8H2,(H,19,21)(H2,18,20,22). The van der Waals surface area contributed by atoms with Gasteiger partial charge in [0.15, 0.2) is 5.11 Å². The molecule has 2 aromatic carbocycles. The molecule has 0 fully saturated rings. The molecule has 0 aliphatic heterocycles. The van der Waals surface area contributed by atoms with E-state index in [1.807, 2.05) is 0 Å². The second kappa shape index (κ2) is 7.72. The number of nitrogens with one attached hydrogen (secondary N) is 3. The van der Waals surface area contributed by atoms with Crippen molar-refractivity contribution in [3.05, 3.63) is 64.9 Å². The predicted octanol–water partition coefficient (Wildman–Crippen LogP) is 3.04. The van der Waals surface area contributed by atoms with Gasteiger partial charge in [-0.3, -0.25) is 15.6 Å². The van der Waals surface area contributed by atoms with E-state index in [1.165, 1.54) is 12.1 Å². The van der Waals surface area contributed by atoms with Gasteiger partial charge < -0.3 is 5.32 Å². The molecule has 0 radical (unpaired) electrons. The van der Waals surface area contributed by atoms with Crippen LogP contribution < -0.4 is 16.2 Å². The van der Waals surface area contributed by atoms with Crippen molar-refractivity contribution >= 4 is 40.5 Å². The lowest BCUT2D eigenvalue weighted by atomic mass is 10.1. The van der Waals surface area contributed by atoms with Gasteiger partial charge in [-0.2, -0.15) is 0 Å². The van der Waals surface area contributed by atoms with Crippen LogP contribution in [0.25, 0.3) is 0 Å². The first kappa shape index (κ1) is 16.2. The minimum atomic E-state index is -0.378. The number of hydrogen-bond acceptors (Lipinski definition) is 2. The summed E-state index contributed by atoms with van der Waals surface area (Å²) in [6.07, 6.45) is 0.0462. The highest BCUT2D eigenvalue weighted by molar-refractivity contribution is 7.80. The Hall–Kier alpha value is -2.18. The number of hydrogen-bond donors (Lipinski definition) is 3. The van der Waals surface area contributed by atoms with Gasteiger partial charge in [0.05, 0.1) is 6.42 Å². The van der Waals surface area contributed by atoms with E-state index in [-0.39, 0.29) is 23.3 Å². The molecule has 114 valence electrons. The molecule has 1 amide bonds. The molecular formula is C15H13ClFN3OS. The van der Waals surface area contributed by atoms with Gasteiger partial charge in [-0.1, -0.05) is 29.8 Å². The van der Waals surface area contributed by atoms with Gasteiger partial charge in [-0.05, 0) is 48.1 Å². The van der Waals surface area contributed by atoms with Crippen molar-refractivity contribution in [1.82, 2.24) is 10.9 Å². The third-order valence-corrected chi connectivity index (χ3v) is 3.09. The van der Waals surface area contributed by atoms with Crippen molar-refractivity contribution in [2.75, 3.05) is 5.32 Å². The molecule has 0 aromatic heterocycles. The minimum Gasteiger partial charge on any atom is -0.331 e. The molecular weight excluding hydrogens is 325 g/mol. The summed E-state index contributed by atoms with van der Waals surface area (Å²) < 4.78 is 13.0. The van der Waals surface area contributed by atoms with Crippen LogP contribution in [-0.2, 0) is 11.2 Å². The van der Waals surface area contributed by atoms with Crippen LogP contribution >= 0.6 is 23.8 Å². The Morgan fingerprint density at radius 1 is 1.14 bits per heavy atom. The summed E-state index contributed by atoms with van der Waals surface area (Å²) in [7, 11) is 0. The SMILES string of the molecule is O=C(Cc1cccc(F)c1)NNC(=S)Nc1cccc(Cl)c1. The second-order valence-electron chi connectivity index (χ2n) is 4.44. The average molecular weight is 338 g/mol. The quantitative estimate of drug-likeness (QED) is 0.595. The molecule has 0 atom stereocenters. The Balaban J connectivity index is 1.79. The van der Waals surface area contributed by atoms with E-state index in [2.05, 4.69) is 16.2 Å². The first-order valence-corrected chi connectivity index (χ1v) is 7.17. The number of benzene rings is 2. The van der Waals surface area contributed by atoms with Crippen LogP contribution in [0.1, 0.15) is 5.56 Å². The summed E-state index contributed by atoms with van der Waals surface area (Å²) in [4.78, 5) is 11.7. The molecule has 7 heteroatoms. The third kappa shape index (κ3) is 5.31. The third-order valence-electron chi connectivity index (χ3n) is 2.65. The monoisotopic (exact) mass is 337 g/mol. The van der Waals surface area contributed by atoms with Crippen LogP contribution in [0.15, 0.2) is 48.5 Å². The van der Waals surface area contributed by atoms with Crippen LogP contribution in [0.2, 0.25) is 5.02 Å². The first-order chi connectivity index (χ1) is 10.5. The van der Waals surface area contributed by atoms with Crippen molar-refractivity contribution < 1.29 is 9.18 Å². The molecule has 0 aliphatic carbocycles. The highest BCUT2D eigenvalue weighted by atomic mass is 35.5. The zero-order valence-corrected chi connectivity index (χ0v) is 13.0. The van der Waals surface area contributed by atoms with E-state index in [0.29, 0.717) is 16.3 Å². The van der Waals surface area contributed by atoms with Gasteiger partial charge in [0.25, 0.3) is 0 Å². The number of carbonyl (C=O) groups excluding carboxylic acids is 1. The molecule has 0 heterocycles. The van der Waals surface area contributed by atoms with Crippen LogP contribution in [0, 0.1) is 5.82 Å². The van der Waals surface area contributed by atoms with Gasteiger partial charge in [0.1, 0.15) is 5.82 Å². The zero-order chi connectivity index (χ0) is 15.9. The lowest BCUT2D eigenvalue weighted by Crippen LogP contribution is -2.44. The molecule has 4 nitrogen and oxygen atoms in total. The van der Waals surface area contributed by atoms with E-state index < -0.39 is 0 Å². The number of halogens is 2. The summed E-state index contributed by atoms with van der Waals surface area (Å²) >= 11 is 10.9. The number of amides is 1. The number of thiocarbonyl (C=S) groups is 1. The second-order valence-corrected chi connectivity index (χ2v) is 5.29. The fourth-order valence-electron chi connectivity index (χ4n) is 1.73. The minimum absolute atomic E-state index is 0.0462. The fourth-order valence-corrected chi connectivity index (χ4v) is 2.09. The smallest absolute Gasteiger partial charge is 0.242 e. The topological polar surface area (TPSA) is 53.2 Å².